The van der Waals surface area contributed by atoms with Crippen LogP contribution in [0.2, 0.25) is 0 Å². The maximum Gasteiger partial charge on any atom is 0.222 e. The Bertz CT molecular complexity index is 289. The molecular weight excluding hydrogens is 220 g/mol. The zero-order valence-corrected chi connectivity index (χ0v) is 10.6. The lowest BCUT2D eigenvalue weighted by Gasteiger charge is -2.37. The predicted molar refractivity (Wildman–Crippen MR) is 66.5 cm³/mol. The summed E-state index contributed by atoms with van der Waals surface area (Å²) in [5, 5.41) is 0. The summed E-state index contributed by atoms with van der Waals surface area (Å²) in [6, 6.07) is -0.104. The van der Waals surface area contributed by atoms with Gasteiger partial charge in [-0.2, -0.15) is 0 Å². The summed E-state index contributed by atoms with van der Waals surface area (Å²) in [5.74, 6) is 0.181. The van der Waals surface area contributed by atoms with Crippen molar-refractivity contribution in [3.05, 3.63) is 0 Å². The Morgan fingerprint density at radius 1 is 1.47 bits per heavy atom. The molecule has 1 amide bonds. The maximum absolute atomic E-state index is 11.8. The fourth-order valence-corrected chi connectivity index (χ4v) is 2.19. The molecule has 0 radical (unpaired) electrons. The summed E-state index contributed by atoms with van der Waals surface area (Å²) in [6.07, 6.45) is 1.28. The summed E-state index contributed by atoms with van der Waals surface area (Å²) in [6.45, 7) is 5.62. The van der Waals surface area contributed by atoms with Crippen molar-refractivity contribution >= 4 is 11.9 Å². The van der Waals surface area contributed by atoms with Crippen LogP contribution in [0.25, 0.3) is 0 Å². The number of ether oxygens (including phenoxy) is 1. The number of hydrogen-bond donors (Lipinski definition) is 2. The molecule has 6 nitrogen and oxygen atoms in total. The minimum absolute atomic E-state index is 0.0447. The molecular formula is C11H22N4O2. The molecule has 1 aliphatic rings. The number of hydrogen-bond acceptors (Lipinski definition) is 3. The molecule has 4 N–H and O–H groups in total. The van der Waals surface area contributed by atoms with Crippen LogP contribution in [0.1, 0.15) is 26.7 Å². The van der Waals surface area contributed by atoms with Gasteiger partial charge in [0.15, 0.2) is 5.96 Å². The van der Waals surface area contributed by atoms with Gasteiger partial charge in [-0.3, -0.25) is 4.79 Å². The van der Waals surface area contributed by atoms with E-state index >= 15 is 0 Å². The molecule has 2 unspecified atom stereocenters. The molecule has 1 aliphatic heterocycles. The number of nitrogens with zero attached hydrogens (tertiary/aromatic N) is 2. The van der Waals surface area contributed by atoms with Crippen LogP contribution in [0.3, 0.4) is 0 Å². The van der Waals surface area contributed by atoms with E-state index in [2.05, 4.69) is 4.99 Å². The molecule has 0 aromatic carbocycles. The maximum atomic E-state index is 11.8. The standard InChI is InChI=1S/C11H22N4O2/c1-3-10(16)15(4-2)9-5-6-17-7-8(9)14-11(12)13/h8-9H,3-7H2,1-2H3,(H4,12,13,14). The molecule has 1 saturated heterocycles. The molecule has 1 fully saturated rings. The van der Waals surface area contributed by atoms with Crippen LogP contribution in [0.15, 0.2) is 4.99 Å². The third-order valence-electron chi connectivity index (χ3n) is 2.97. The molecule has 1 rings (SSSR count). The molecule has 0 aliphatic carbocycles. The number of aliphatic imine (C=N–C) groups is 1. The SMILES string of the molecule is CCC(=O)N(CC)C1CCOCC1N=C(N)N. The lowest BCUT2D eigenvalue weighted by atomic mass is 10.0. The van der Waals surface area contributed by atoms with Gasteiger partial charge in [0.05, 0.1) is 18.7 Å². The molecule has 0 aromatic rings. The first-order valence-electron chi connectivity index (χ1n) is 6.06. The Hall–Kier alpha value is -1.30. The monoisotopic (exact) mass is 242 g/mol. The average molecular weight is 242 g/mol. The van der Waals surface area contributed by atoms with Crippen molar-refractivity contribution in [2.45, 2.75) is 38.8 Å². The van der Waals surface area contributed by atoms with Crippen molar-refractivity contribution < 1.29 is 9.53 Å². The quantitative estimate of drug-likeness (QED) is 0.521. The van der Waals surface area contributed by atoms with E-state index in [9.17, 15) is 4.79 Å². The van der Waals surface area contributed by atoms with E-state index in [1.54, 1.807) is 0 Å². The van der Waals surface area contributed by atoms with E-state index in [1.807, 2.05) is 18.7 Å². The molecule has 6 heteroatoms. The molecule has 0 saturated carbocycles. The normalized spacial score (nSPS) is 24.1. The van der Waals surface area contributed by atoms with Crippen molar-refractivity contribution in [1.82, 2.24) is 4.90 Å². The van der Waals surface area contributed by atoms with Crippen LogP contribution in [0, 0.1) is 0 Å². The van der Waals surface area contributed by atoms with Crippen LogP contribution < -0.4 is 11.5 Å². The first-order valence-corrected chi connectivity index (χ1v) is 6.06. The highest BCUT2D eigenvalue weighted by Crippen LogP contribution is 2.18. The van der Waals surface area contributed by atoms with Gasteiger partial charge in [0, 0.05) is 19.6 Å². The van der Waals surface area contributed by atoms with Gasteiger partial charge in [0.1, 0.15) is 0 Å². The fraction of sp³-hybridized carbons (Fsp3) is 0.818. The second-order valence-corrected chi connectivity index (χ2v) is 4.09. The highest BCUT2D eigenvalue weighted by molar-refractivity contribution is 5.77. The number of amides is 1. The van der Waals surface area contributed by atoms with E-state index in [-0.39, 0.29) is 24.0 Å². The Kier molecular flexibility index (Phi) is 5.21. The van der Waals surface area contributed by atoms with Gasteiger partial charge < -0.3 is 21.1 Å². The fourth-order valence-electron chi connectivity index (χ4n) is 2.19. The van der Waals surface area contributed by atoms with E-state index in [1.165, 1.54) is 0 Å². The molecule has 1 heterocycles. The van der Waals surface area contributed by atoms with E-state index in [0.29, 0.717) is 26.2 Å². The van der Waals surface area contributed by atoms with E-state index in [4.69, 9.17) is 16.2 Å². The van der Waals surface area contributed by atoms with Gasteiger partial charge >= 0.3 is 0 Å². The molecule has 2 atom stereocenters. The highest BCUT2D eigenvalue weighted by atomic mass is 16.5. The minimum Gasteiger partial charge on any atom is -0.379 e. The van der Waals surface area contributed by atoms with Gasteiger partial charge in [-0.25, -0.2) is 4.99 Å². The molecule has 98 valence electrons. The zero-order chi connectivity index (χ0) is 12.8. The Labute approximate surface area is 102 Å². The molecule has 0 spiro atoms. The van der Waals surface area contributed by atoms with Crippen LogP contribution in [-0.2, 0) is 9.53 Å². The van der Waals surface area contributed by atoms with E-state index < -0.39 is 0 Å². The van der Waals surface area contributed by atoms with Gasteiger partial charge in [-0.05, 0) is 13.3 Å². The van der Waals surface area contributed by atoms with Gasteiger partial charge in [0.2, 0.25) is 5.91 Å². The van der Waals surface area contributed by atoms with Crippen molar-refractivity contribution in [3.8, 4) is 0 Å². The van der Waals surface area contributed by atoms with Crippen LogP contribution in [0.5, 0.6) is 0 Å². The zero-order valence-electron chi connectivity index (χ0n) is 10.6. The number of guanidine groups is 1. The number of carbonyl (C=O) groups is 1. The average Bonchev–Trinajstić information content (AvgIpc) is 2.31. The van der Waals surface area contributed by atoms with Crippen molar-refractivity contribution in [1.29, 1.82) is 0 Å². The van der Waals surface area contributed by atoms with Crippen molar-refractivity contribution in [2.24, 2.45) is 16.5 Å². The summed E-state index contributed by atoms with van der Waals surface area (Å²) in [5.41, 5.74) is 10.8. The first kappa shape index (κ1) is 13.8. The molecule has 17 heavy (non-hydrogen) atoms. The smallest absolute Gasteiger partial charge is 0.222 e. The second kappa shape index (κ2) is 6.44. The van der Waals surface area contributed by atoms with Gasteiger partial charge in [-0.1, -0.05) is 6.92 Å². The van der Waals surface area contributed by atoms with E-state index in [0.717, 1.165) is 6.42 Å². The van der Waals surface area contributed by atoms with Crippen molar-refractivity contribution in [2.75, 3.05) is 19.8 Å². The van der Waals surface area contributed by atoms with Gasteiger partial charge in [0.25, 0.3) is 0 Å². The Morgan fingerprint density at radius 3 is 2.71 bits per heavy atom. The topological polar surface area (TPSA) is 93.9 Å². The van der Waals surface area contributed by atoms with Crippen LogP contribution in [-0.4, -0.2) is 48.6 Å². The summed E-state index contributed by atoms with van der Waals surface area (Å²) in [4.78, 5) is 17.9. The third-order valence-corrected chi connectivity index (χ3v) is 2.97. The number of rotatable bonds is 4. The van der Waals surface area contributed by atoms with Crippen LogP contribution in [0.4, 0.5) is 0 Å². The van der Waals surface area contributed by atoms with Gasteiger partial charge in [-0.15, -0.1) is 0 Å². The molecule has 0 aromatic heterocycles. The second-order valence-electron chi connectivity index (χ2n) is 4.09. The number of nitrogens with two attached hydrogens (primary N) is 2. The number of carbonyl (C=O) groups excluding carboxylic acids is 1. The number of likely N-dealkylation sites (N-methyl/N-ethyl adjacent to an activating group) is 1. The summed E-state index contributed by atoms with van der Waals surface area (Å²) in [7, 11) is 0. The summed E-state index contributed by atoms with van der Waals surface area (Å²) >= 11 is 0. The minimum atomic E-state index is -0.149. The Morgan fingerprint density at radius 2 is 2.18 bits per heavy atom. The summed E-state index contributed by atoms with van der Waals surface area (Å²) < 4.78 is 5.37. The molecule has 0 bridgehead atoms. The third kappa shape index (κ3) is 3.59. The lowest BCUT2D eigenvalue weighted by molar-refractivity contribution is -0.135. The lowest BCUT2D eigenvalue weighted by Crippen LogP contribution is -2.51. The highest BCUT2D eigenvalue weighted by Gasteiger charge is 2.32. The first-order chi connectivity index (χ1) is 8.10. The predicted octanol–water partition coefficient (Wildman–Crippen LogP) is -0.324. The largest absolute Gasteiger partial charge is 0.379 e. The van der Waals surface area contributed by atoms with Crippen molar-refractivity contribution in [3.63, 3.8) is 0 Å². The van der Waals surface area contributed by atoms with Crippen LogP contribution >= 0.6 is 0 Å². The Balaban J connectivity index is 2.82.